The van der Waals surface area contributed by atoms with Crippen molar-refractivity contribution < 1.29 is 32.2 Å². The van der Waals surface area contributed by atoms with E-state index in [9.17, 15) is 27.1 Å². The summed E-state index contributed by atoms with van der Waals surface area (Å²) in [6.45, 7) is 0. The molecule has 144 valence electrons. The Morgan fingerprint density at radius 3 is 2.21 bits per heavy atom. The molecule has 3 rings (SSSR count). The fourth-order valence-corrected chi connectivity index (χ4v) is 3.70. The molecule has 6 nitrogen and oxygen atoms in total. The van der Waals surface area contributed by atoms with Crippen LogP contribution >= 0.6 is 0 Å². The molecule has 9 heteroatoms. The van der Waals surface area contributed by atoms with Crippen molar-refractivity contribution in [2.75, 3.05) is 4.72 Å². The first kappa shape index (κ1) is 19.3. The number of hydrogen-bond donors (Lipinski definition) is 3. The highest BCUT2D eigenvalue weighted by atomic mass is 32.2. The molecule has 0 heterocycles. The summed E-state index contributed by atoms with van der Waals surface area (Å²) in [6.07, 6.45) is 0. The number of halogens is 2. The summed E-state index contributed by atoms with van der Waals surface area (Å²) in [7, 11) is -4.49. The van der Waals surface area contributed by atoms with Crippen molar-refractivity contribution in [1.82, 2.24) is 0 Å². The first-order valence-electron chi connectivity index (χ1n) is 7.82. The van der Waals surface area contributed by atoms with Gasteiger partial charge in [0.1, 0.15) is 27.8 Å². The highest BCUT2D eigenvalue weighted by Gasteiger charge is 2.23. The van der Waals surface area contributed by atoms with E-state index in [1.807, 2.05) is 4.72 Å². The maximum Gasteiger partial charge on any atom is 0.339 e. The third-order valence-electron chi connectivity index (χ3n) is 3.88. The minimum atomic E-state index is -4.49. The average molecular weight is 405 g/mol. The molecule has 0 radical (unpaired) electrons. The number of rotatable bonds is 5. The summed E-state index contributed by atoms with van der Waals surface area (Å²) < 4.78 is 55.6. The van der Waals surface area contributed by atoms with E-state index in [2.05, 4.69) is 0 Å². The number of benzene rings is 3. The largest absolute Gasteiger partial charge is 0.507 e. The van der Waals surface area contributed by atoms with Crippen LogP contribution in [0.1, 0.15) is 10.4 Å². The second kappa shape index (κ2) is 7.28. The number of aromatic hydroxyl groups is 1. The third-order valence-corrected chi connectivity index (χ3v) is 5.27. The third kappa shape index (κ3) is 3.79. The number of anilines is 1. The van der Waals surface area contributed by atoms with Crippen molar-refractivity contribution >= 4 is 21.7 Å². The lowest BCUT2D eigenvalue weighted by molar-refractivity contribution is 0.0693. The van der Waals surface area contributed by atoms with Crippen LogP contribution in [0.2, 0.25) is 0 Å². The molecule has 0 amide bonds. The molecule has 0 aliphatic carbocycles. The van der Waals surface area contributed by atoms with Crippen LogP contribution in [0.25, 0.3) is 11.1 Å². The zero-order valence-corrected chi connectivity index (χ0v) is 14.9. The topological polar surface area (TPSA) is 104 Å². The molecule has 0 aliphatic heterocycles. The summed E-state index contributed by atoms with van der Waals surface area (Å²) in [5.74, 6) is -4.29. The van der Waals surface area contributed by atoms with Crippen molar-refractivity contribution in [3.8, 4) is 16.9 Å². The van der Waals surface area contributed by atoms with E-state index < -0.39 is 43.8 Å². The molecule has 0 fully saturated rings. The fourth-order valence-electron chi connectivity index (χ4n) is 2.56. The quantitative estimate of drug-likeness (QED) is 0.598. The van der Waals surface area contributed by atoms with Crippen LogP contribution in [0.5, 0.6) is 5.75 Å². The van der Waals surface area contributed by atoms with Gasteiger partial charge in [-0.3, -0.25) is 4.72 Å². The summed E-state index contributed by atoms with van der Waals surface area (Å²) in [4.78, 5) is 10.1. The van der Waals surface area contributed by atoms with Gasteiger partial charge in [0.15, 0.2) is 0 Å². The van der Waals surface area contributed by atoms with Crippen LogP contribution in [0.3, 0.4) is 0 Å². The van der Waals surface area contributed by atoms with Crippen LogP contribution in [-0.4, -0.2) is 24.6 Å². The monoisotopic (exact) mass is 405 g/mol. The van der Waals surface area contributed by atoms with Gasteiger partial charge in [-0.2, -0.15) is 0 Å². The van der Waals surface area contributed by atoms with Gasteiger partial charge in [0.2, 0.25) is 0 Å². The van der Waals surface area contributed by atoms with Crippen molar-refractivity contribution in [2.24, 2.45) is 0 Å². The lowest BCUT2D eigenvalue weighted by atomic mass is 10.1. The number of aromatic carboxylic acids is 1. The average Bonchev–Trinajstić information content (AvgIpc) is 2.61. The maximum atomic E-state index is 14.2. The second-order valence-electron chi connectivity index (χ2n) is 5.77. The zero-order valence-electron chi connectivity index (χ0n) is 14.1. The summed E-state index contributed by atoms with van der Waals surface area (Å²) in [6, 6.07) is 12.3. The van der Waals surface area contributed by atoms with Gasteiger partial charge in [0, 0.05) is 17.7 Å². The van der Waals surface area contributed by atoms with E-state index >= 15 is 0 Å². The molecule has 0 unspecified atom stereocenters. The zero-order chi connectivity index (χ0) is 20.5. The molecule has 0 bridgehead atoms. The molecule has 3 aromatic carbocycles. The van der Waals surface area contributed by atoms with Crippen molar-refractivity contribution in [3.63, 3.8) is 0 Å². The molecule has 3 aromatic rings. The normalized spacial score (nSPS) is 11.2. The number of hydrogen-bond acceptors (Lipinski definition) is 4. The van der Waals surface area contributed by atoms with Crippen LogP contribution in [0.4, 0.5) is 14.5 Å². The van der Waals surface area contributed by atoms with Crippen LogP contribution in [0.15, 0.2) is 65.6 Å². The van der Waals surface area contributed by atoms with Crippen LogP contribution in [-0.2, 0) is 10.0 Å². The molecular weight excluding hydrogens is 392 g/mol. The van der Waals surface area contributed by atoms with E-state index in [0.717, 1.165) is 24.3 Å². The molecule has 0 aliphatic rings. The predicted octanol–water partition coefficient (Wildman–Crippen LogP) is 3.84. The standard InChI is InChI=1S/C19H13F2NO5S/c20-15-10-16(21)18(9-14(15)11-4-2-1-3-5-11)28(26,27)22-12-6-7-13(19(24)25)17(23)8-12/h1-10,22-23H,(H,24,25). The summed E-state index contributed by atoms with van der Waals surface area (Å²) >= 11 is 0. The van der Waals surface area contributed by atoms with E-state index in [-0.39, 0.29) is 11.3 Å². The smallest absolute Gasteiger partial charge is 0.339 e. The summed E-state index contributed by atoms with van der Waals surface area (Å²) in [5.41, 5.74) is -0.360. The molecule has 3 N–H and O–H groups in total. The van der Waals surface area contributed by atoms with E-state index in [0.29, 0.717) is 11.6 Å². The van der Waals surface area contributed by atoms with Gasteiger partial charge in [-0.25, -0.2) is 22.0 Å². The number of carbonyl (C=O) groups is 1. The molecule has 0 saturated heterocycles. The Morgan fingerprint density at radius 2 is 1.61 bits per heavy atom. The molecule has 0 saturated carbocycles. The molecule has 28 heavy (non-hydrogen) atoms. The van der Waals surface area contributed by atoms with E-state index in [1.165, 1.54) is 0 Å². The number of phenols is 1. The second-order valence-corrected chi connectivity index (χ2v) is 7.42. The van der Waals surface area contributed by atoms with Crippen molar-refractivity contribution in [3.05, 3.63) is 77.9 Å². The molecule has 0 spiro atoms. The Hall–Kier alpha value is -3.46. The Balaban J connectivity index is 2.02. The van der Waals surface area contributed by atoms with Gasteiger partial charge in [0.05, 0.1) is 5.69 Å². The molecular formula is C19H13F2NO5S. The number of nitrogens with one attached hydrogen (secondary N) is 1. The Bertz CT molecular complexity index is 1160. The predicted molar refractivity (Wildman–Crippen MR) is 97.7 cm³/mol. The lowest BCUT2D eigenvalue weighted by Gasteiger charge is -2.12. The fraction of sp³-hybridized carbons (Fsp3) is 0. The Labute approximate surface area is 158 Å². The SMILES string of the molecule is O=C(O)c1ccc(NS(=O)(=O)c2cc(-c3ccccc3)c(F)cc2F)cc1O. The highest BCUT2D eigenvalue weighted by Crippen LogP contribution is 2.30. The molecule has 0 aromatic heterocycles. The van der Waals surface area contributed by atoms with E-state index in [1.54, 1.807) is 30.3 Å². The van der Waals surface area contributed by atoms with Gasteiger partial charge >= 0.3 is 5.97 Å². The summed E-state index contributed by atoms with van der Waals surface area (Å²) in [5, 5.41) is 18.6. The van der Waals surface area contributed by atoms with Crippen molar-refractivity contribution in [1.29, 1.82) is 0 Å². The Kier molecular flexibility index (Phi) is 5.02. The first-order valence-corrected chi connectivity index (χ1v) is 9.31. The van der Waals surface area contributed by atoms with Gasteiger partial charge in [-0.05, 0) is 23.8 Å². The van der Waals surface area contributed by atoms with Gasteiger partial charge in [-0.15, -0.1) is 0 Å². The minimum Gasteiger partial charge on any atom is -0.507 e. The Morgan fingerprint density at radius 1 is 0.929 bits per heavy atom. The van der Waals surface area contributed by atoms with Gasteiger partial charge in [-0.1, -0.05) is 30.3 Å². The van der Waals surface area contributed by atoms with Crippen LogP contribution in [0, 0.1) is 11.6 Å². The maximum absolute atomic E-state index is 14.2. The number of carboxylic acid groups (broad SMARTS) is 1. The molecule has 0 atom stereocenters. The van der Waals surface area contributed by atoms with Gasteiger partial charge < -0.3 is 10.2 Å². The van der Waals surface area contributed by atoms with Gasteiger partial charge in [0.25, 0.3) is 10.0 Å². The minimum absolute atomic E-state index is 0.105. The van der Waals surface area contributed by atoms with Crippen LogP contribution < -0.4 is 4.72 Å². The number of sulfonamides is 1. The number of carboxylic acids is 1. The van der Waals surface area contributed by atoms with E-state index in [4.69, 9.17) is 5.11 Å². The van der Waals surface area contributed by atoms with Crippen molar-refractivity contribution in [2.45, 2.75) is 4.90 Å². The lowest BCUT2D eigenvalue weighted by Crippen LogP contribution is -2.15. The highest BCUT2D eigenvalue weighted by molar-refractivity contribution is 7.92. The first-order chi connectivity index (χ1) is 13.2.